The van der Waals surface area contributed by atoms with E-state index in [1.165, 1.54) is 25.3 Å². The Morgan fingerprint density at radius 2 is 2.17 bits per heavy atom. The zero-order chi connectivity index (χ0) is 13.8. The fourth-order valence-corrected chi connectivity index (χ4v) is 1.35. The van der Waals surface area contributed by atoms with E-state index in [1.54, 1.807) is 0 Å². The minimum Gasteiger partial charge on any atom is -0.481 e. The second kappa shape index (κ2) is 5.46. The molecule has 0 aliphatic rings. The predicted molar refractivity (Wildman–Crippen MR) is 62.3 cm³/mol. The zero-order valence-electron chi connectivity index (χ0n) is 9.77. The molecule has 0 radical (unpaired) electrons. The average Bonchev–Trinajstić information content (AvgIpc) is 2.25. The molecule has 0 spiro atoms. The molecule has 1 atom stereocenters. The van der Waals surface area contributed by atoms with Gasteiger partial charge in [-0.25, -0.2) is 0 Å². The van der Waals surface area contributed by atoms with Gasteiger partial charge in [-0.3, -0.25) is 14.4 Å². The highest BCUT2D eigenvalue weighted by Gasteiger charge is 2.25. The van der Waals surface area contributed by atoms with Crippen LogP contribution in [0.2, 0.25) is 0 Å². The number of rotatable bonds is 5. The van der Waals surface area contributed by atoms with Crippen LogP contribution in [0.4, 0.5) is 0 Å². The molecule has 1 amide bonds. The minimum absolute atomic E-state index is 0.0939. The quantitative estimate of drug-likeness (QED) is 0.555. The molecule has 0 fully saturated rings. The van der Waals surface area contributed by atoms with E-state index in [0.717, 1.165) is 0 Å². The van der Waals surface area contributed by atoms with Gasteiger partial charge in [-0.05, 0) is 19.1 Å². The first-order valence-corrected chi connectivity index (χ1v) is 5.22. The van der Waals surface area contributed by atoms with Crippen LogP contribution >= 0.6 is 0 Å². The molecule has 0 bridgehead atoms. The maximum absolute atomic E-state index is 11.6. The number of hydrogen-bond donors (Lipinski definition) is 4. The Morgan fingerprint density at radius 1 is 1.50 bits per heavy atom. The number of carbonyl (C=O) groups excluding carboxylic acids is 1. The number of aliphatic carboxylic acids is 1. The maximum atomic E-state index is 11.6. The lowest BCUT2D eigenvalue weighted by Crippen LogP contribution is -2.43. The molecule has 1 unspecified atom stereocenters. The molecule has 0 aromatic carbocycles. The highest BCUT2D eigenvalue weighted by atomic mass is 16.4. The molecule has 4 N–H and O–H groups in total. The molecule has 1 rings (SSSR count). The molecule has 0 saturated carbocycles. The fraction of sp³-hybridized carbons (Fsp3) is 0.364. The van der Waals surface area contributed by atoms with Crippen LogP contribution in [0, 0.1) is 0 Å². The monoisotopic (exact) mass is 254 g/mol. The van der Waals surface area contributed by atoms with Crippen LogP contribution in [0.3, 0.4) is 0 Å². The standard InChI is InChI=1S/C11H14N2O5/c1-11(18,5-8(14)15)6-13-10(17)7-3-2-4-12-9(7)16/h2-4,18H,5-6H2,1H3,(H,12,16)(H,13,17)(H,14,15). The van der Waals surface area contributed by atoms with Gasteiger partial charge in [-0.1, -0.05) is 0 Å². The number of carboxylic acids is 1. The van der Waals surface area contributed by atoms with Crippen molar-refractivity contribution in [2.24, 2.45) is 0 Å². The number of H-pyrrole nitrogens is 1. The third kappa shape index (κ3) is 4.02. The zero-order valence-corrected chi connectivity index (χ0v) is 9.77. The largest absolute Gasteiger partial charge is 0.481 e. The highest BCUT2D eigenvalue weighted by molar-refractivity contribution is 5.93. The van der Waals surface area contributed by atoms with Gasteiger partial charge in [0, 0.05) is 12.7 Å². The summed E-state index contributed by atoms with van der Waals surface area (Å²) in [6.45, 7) is 1.03. The van der Waals surface area contributed by atoms with E-state index in [4.69, 9.17) is 5.11 Å². The Labute approximate surface area is 102 Å². The van der Waals surface area contributed by atoms with Gasteiger partial charge in [-0.2, -0.15) is 0 Å². The Kier molecular flexibility index (Phi) is 4.22. The van der Waals surface area contributed by atoms with Crippen LogP contribution in [-0.4, -0.2) is 39.2 Å². The van der Waals surface area contributed by atoms with Crippen LogP contribution in [0.5, 0.6) is 0 Å². The van der Waals surface area contributed by atoms with Gasteiger partial charge >= 0.3 is 5.97 Å². The van der Waals surface area contributed by atoms with Gasteiger partial charge in [0.05, 0.1) is 12.0 Å². The van der Waals surface area contributed by atoms with Crippen LogP contribution in [0.15, 0.2) is 23.1 Å². The molecular formula is C11H14N2O5. The third-order valence-corrected chi connectivity index (χ3v) is 2.22. The number of hydrogen-bond acceptors (Lipinski definition) is 4. The van der Waals surface area contributed by atoms with Crippen molar-refractivity contribution in [2.75, 3.05) is 6.54 Å². The Hall–Kier alpha value is -2.15. The van der Waals surface area contributed by atoms with E-state index in [2.05, 4.69) is 10.3 Å². The lowest BCUT2D eigenvalue weighted by atomic mass is 10.0. The van der Waals surface area contributed by atoms with Gasteiger partial charge < -0.3 is 20.5 Å². The number of carboxylic acid groups (broad SMARTS) is 1. The van der Waals surface area contributed by atoms with Gasteiger partial charge in [0.1, 0.15) is 5.56 Å². The van der Waals surface area contributed by atoms with Gasteiger partial charge in [-0.15, -0.1) is 0 Å². The summed E-state index contributed by atoms with van der Waals surface area (Å²) in [4.78, 5) is 35.7. The first-order chi connectivity index (χ1) is 8.32. The molecule has 1 aromatic heterocycles. The molecule has 18 heavy (non-hydrogen) atoms. The minimum atomic E-state index is -1.57. The highest BCUT2D eigenvalue weighted by Crippen LogP contribution is 2.07. The molecule has 1 heterocycles. The third-order valence-electron chi connectivity index (χ3n) is 2.22. The van der Waals surface area contributed by atoms with Crippen LogP contribution in [-0.2, 0) is 4.79 Å². The summed E-state index contributed by atoms with van der Waals surface area (Å²) in [5.74, 6) is -1.84. The second-order valence-corrected chi connectivity index (χ2v) is 4.16. The second-order valence-electron chi connectivity index (χ2n) is 4.16. The van der Waals surface area contributed by atoms with Gasteiger partial charge in [0.25, 0.3) is 11.5 Å². The number of aromatic amines is 1. The first-order valence-electron chi connectivity index (χ1n) is 5.22. The molecule has 7 nitrogen and oxygen atoms in total. The number of nitrogens with one attached hydrogen (secondary N) is 2. The number of carbonyl (C=O) groups is 2. The molecule has 0 saturated heterocycles. The van der Waals surface area contributed by atoms with Crippen molar-refractivity contribution in [1.29, 1.82) is 0 Å². The van der Waals surface area contributed by atoms with E-state index >= 15 is 0 Å². The smallest absolute Gasteiger partial charge is 0.306 e. The maximum Gasteiger partial charge on any atom is 0.306 e. The summed E-state index contributed by atoms with van der Waals surface area (Å²) >= 11 is 0. The summed E-state index contributed by atoms with van der Waals surface area (Å²) in [6.07, 6.45) is 0.887. The average molecular weight is 254 g/mol. The fourth-order valence-electron chi connectivity index (χ4n) is 1.35. The van der Waals surface area contributed by atoms with E-state index in [1.807, 2.05) is 0 Å². The van der Waals surface area contributed by atoms with Crippen molar-refractivity contribution < 1.29 is 19.8 Å². The van der Waals surface area contributed by atoms with Crippen molar-refractivity contribution >= 4 is 11.9 Å². The molecule has 98 valence electrons. The number of amides is 1. The van der Waals surface area contributed by atoms with Gasteiger partial charge in [0.15, 0.2) is 0 Å². The predicted octanol–water partition coefficient (Wildman–Crippen LogP) is -0.670. The van der Waals surface area contributed by atoms with Crippen molar-refractivity contribution in [3.05, 3.63) is 34.2 Å². The normalized spacial score (nSPS) is 13.7. The summed E-state index contributed by atoms with van der Waals surface area (Å²) in [5.41, 5.74) is -2.21. The lowest BCUT2D eigenvalue weighted by Gasteiger charge is -2.21. The van der Waals surface area contributed by atoms with E-state index in [0.29, 0.717) is 0 Å². The SMILES string of the molecule is CC(O)(CNC(=O)c1ccc[nH]c1=O)CC(=O)O. The topological polar surface area (TPSA) is 119 Å². The molecular weight excluding hydrogens is 240 g/mol. The summed E-state index contributed by atoms with van der Waals surface area (Å²) in [7, 11) is 0. The summed E-state index contributed by atoms with van der Waals surface area (Å²) < 4.78 is 0. The van der Waals surface area contributed by atoms with E-state index in [-0.39, 0.29) is 12.1 Å². The summed E-state index contributed by atoms with van der Waals surface area (Å²) in [5, 5.41) is 20.5. The van der Waals surface area contributed by atoms with Crippen LogP contribution < -0.4 is 10.9 Å². The molecule has 1 aromatic rings. The molecule has 7 heteroatoms. The Morgan fingerprint density at radius 3 is 2.72 bits per heavy atom. The van der Waals surface area contributed by atoms with Crippen molar-refractivity contribution in [3.8, 4) is 0 Å². The van der Waals surface area contributed by atoms with E-state index < -0.39 is 29.5 Å². The number of aromatic nitrogens is 1. The molecule has 0 aliphatic carbocycles. The van der Waals surface area contributed by atoms with Crippen molar-refractivity contribution in [3.63, 3.8) is 0 Å². The first kappa shape index (κ1) is 13.9. The van der Waals surface area contributed by atoms with Crippen LogP contribution in [0.25, 0.3) is 0 Å². The summed E-state index contributed by atoms with van der Waals surface area (Å²) in [6, 6.07) is 2.83. The Balaban J connectivity index is 2.65. The van der Waals surface area contributed by atoms with Gasteiger partial charge in [0.2, 0.25) is 0 Å². The molecule has 0 aliphatic heterocycles. The lowest BCUT2D eigenvalue weighted by molar-refractivity contribution is -0.141. The number of aliphatic hydroxyl groups is 1. The van der Waals surface area contributed by atoms with Crippen molar-refractivity contribution in [1.82, 2.24) is 10.3 Å². The number of pyridine rings is 1. The van der Waals surface area contributed by atoms with Crippen LogP contribution in [0.1, 0.15) is 23.7 Å². The van der Waals surface area contributed by atoms with Crippen molar-refractivity contribution in [2.45, 2.75) is 18.9 Å². The van der Waals surface area contributed by atoms with E-state index in [9.17, 15) is 19.5 Å². The Bertz CT molecular complexity index is 506.